The Balaban J connectivity index is 1.94. The molecule has 2 rings (SSSR count). The number of pyridine rings is 1. The second-order valence-electron chi connectivity index (χ2n) is 6.10. The third-order valence-electron chi connectivity index (χ3n) is 3.05. The number of ether oxygens (including phenoxy) is 1. The van der Waals surface area contributed by atoms with Crippen LogP contribution in [0.5, 0.6) is 0 Å². The summed E-state index contributed by atoms with van der Waals surface area (Å²) in [4.78, 5) is 15.9. The van der Waals surface area contributed by atoms with E-state index in [1.807, 2.05) is 26.8 Å². The summed E-state index contributed by atoms with van der Waals surface area (Å²) in [5, 5.41) is 15.7. The molecule has 2 heterocycles. The van der Waals surface area contributed by atoms with Gasteiger partial charge < -0.3 is 20.5 Å². The Morgan fingerprint density at radius 2 is 2.33 bits per heavy atom. The molecule has 2 atom stereocenters. The first-order chi connectivity index (χ1) is 9.74. The van der Waals surface area contributed by atoms with E-state index in [1.165, 1.54) is 0 Å². The van der Waals surface area contributed by atoms with Crippen molar-refractivity contribution in [3.63, 3.8) is 0 Å². The second kappa shape index (κ2) is 6.19. The van der Waals surface area contributed by atoms with Crippen LogP contribution in [0.4, 0.5) is 10.6 Å². The average Bonchev–Trinajstić information content (AvgIpc) is 2.34. The van der Waals surface area contributed by atoms with Crippen molar-refractivity contribution in [1.29, 1.82) is 0 Å². The van der Waals surface area contributed by atoms with Crippen molar-refractivity contribution in [2.24, 2.45) is 5.92 Å². The van der Waals surface area contributed by atoms with E-state index < -0.39 is 17.9 Å². The molecule has 3 N–H and O–H groups in total. The highest BCUT2D eigenvalue weighted by Gasteiger charge is 2.28. The summed E-state index contributed by atoms with van der Waals surface area (Å²) < 4.78 is 6.07. The van der Waals surface area contributed by atoms with Gasteiger partial charge in [0.25, 0.3) is 0 Å². The quantitative estimate of drug-likeness (QED) is 0.756. The number of hydrogen-bond donors (Lipinski definition) is 3. The molecular weight excluding hydrogens is 338 g/mol. The standard InChI is InChI=1S/C14H20BrN3O3/c1-14(2,3)21-13(20)17-6-9-4-8-5-10(15)7-16-11(8)18-12(9)19/h5,7,9,12,19H,4,6H2,1-3H3,(H,16,18)(H,17,20). The van der Waals surface area contributed by atoms with E-state index in [2.05, 4.69) is 31.5 Å². The predicted molar refractivity (Wildman–Crippen MR) is 83.0 cm³/mol. The Labute approximate surface area is 132 Å². The van der Waals surface area contributed by atoms with Gasteiger partial charge in [0.15, 0.2) is 0 Å². The van der Waals surface area contributed by atoms with Gasteiger partial charge in [-0.15, -0.1) is 0 Å². The summed E-state index contributed by atoms with van der Waals surface area (Å²) in [6.45, 7) is 5.75. The zero-order valence-electron chi connectivity index (χ0n) is 12.3. The van der Waals surface area contributed by atoms with Crippen LogP contribution >= 0.6 is 15.9 Å². The molecule has 21 heavy (non-hydrogen) atoms. The minimum absolute atomic E-state index is 0.138. The molecule has 116 valence electrons. The van der Waals surface area contributed by atoms with Crippen molar-refractivity contribution in [2.45, 2.75) is 39.0 Å². The van der Waals surface area contributed by atoms with Crippen molar-refractivity contribution in [1.82, 2.24) is 10.3 Å². The highest BCUT2D eigenvalue weighted by molar-refractivity contribution is 9.10. The zero-order valence-corrected chi connectivity index (χ0v) is 13.9. The van der Waals surface area contributed by atoms with E-state index in [0.29, 0.717) is 18.8 Å². The number of anilines is 1. The molecule has 1 aromatic heterocycles. The number of aliphatic hydroxyl groups excluding tert-OH is 1. The van der Waals surface area contributed by atoms with Crippen LogP contribution in [0.3, 0.4) is 0 Å². The third kappa shape index (κ3) is 4.57. The molecular formula is C14H20BrN3O3. The molecule has 0 bridgehead atoms. The van der Waals surface area contributed by atoms with Crippen LogP contribution in [-0.4, -0.2) is 34.6 Å². The molecule has 0 aromatic carbocycles. The number of fused-ring (bicyclic) bond motifs is 1. The molecule has 0 fully saturated rings. The molecule has 1 aromatic rings. The highest BCUT2D eigenvalue weighted by atomic mass is 79.9. The number of carbonyl (C=O) groups excluding carboxylic acids is 1. The minimum atomic E-state index is -0.749. The second-order valence-corrected chi connectivity index (χ2v) is 7.01. The SMILES string of the molecule is CC(C)(C)OC(=O)NCC1Cc2cc(Br)cnc2NC1O. The van der Waals surface area contributed by atoms with E-state index in [9.17, 15) is 9.90 Å². The zero-order chi connectivity index (χ0) is 15.6. The molecule has 1 amide bonds. The lowest BCUT2D eigenvalue weighted by molar-refractivity contribution is 0.0494. The lowest BCUT2D eigenvalue weighted by atomic mass is 9.94. The molecule has 7 heteroatoms. The van der Waals surface area contributed by atoms with E-state index >= 15 is 0 Å². The maximum atomic E-state index is 11.7. The fraction of sp³-hybridized carbons (Fsp3) is 0.571. The van der Waals surface area contributed by atoms with Crippen molar-refractivity contribution in [2.75, 3.05) is 11.9 Å². The molecule has 1 aliphatic heterocycles. The van der Waals surface area contributed by atoms with Gasteiger partial charge in [-0.1, -0.05) is 0 Å². The molecule has 0 saturated carbocycles. The van der Waals surface area contributed by atoms with Crippen LogP contribution in [-0.2, 0) is 11.2 Å². The van der Waals surface area contributed by atoms with E-state index in [0.717, 1.165) is 10.0 Å². The molecule has 0 spiro atoms. The summed E-state index contributed by atoms with van der Waals surface area (Å²) in [6.07, 6.45) is 1.08. The fourth-order valence-corrected chi connectivity index (χ4v) is 2.51. The number of aromatic nitrogens is 1. The largest absolute Gasteiger partial charge is 0.444 e. The Morgan fingerprint density at radius 1 is 1.62 bits per heavy atom. The minimum Gasteiger partial charge on any atom is -0.444 e. The first kappa shape index (κ1) is 16.0. The summed E-state index contributed by atoms with van der Waals surface area (Å²) in [6, 6.07) is 1.96. The number of rotatable bonds is 2. The summed E-state index contributed by atoms with van der Waals surface area (Å²) >= 11 is 3.38. The number of halogens is 1. The van der Waals surface area contributed by atoms with Crippen molar-refractivity contribution in [3.8, 4) is 0 Å². The number of carbonyl (C=O) groups is 1. The van der Waals surface area contributed by atoms with E-state index in [-0.39, 0.29) is 5.92 Å². The van der Waals surface area contributed by atoms with Crippen LogP contribution in [0.25, 0.3) is 0 Å². The molecule has 1 aliphatic rings. The van der Waals surface area contributed by atoms with Crippen LogP contribution in [0.1, 0.15) is 26.3 Å². The summed E-state index contributed by atoms with van der Waals surface area (Å²) in [7, 11) is 0. The normalized spacial score (nSPS) is 21.2. The summed E-state index contributed by atoms with van der Waals surface area (Å²) in [5.74, 6) is 0.542. The Morgan fingerprint density at radius 3 is 3.00 bits per heavy atom. The van der Waals surface area contributed by atoms with Gasteiger partial charge in [-0.05, 0) is 54.8 Å². The van der Waals surface area contributed by atoms with Gasteiger partial charge in [-0.3, -0.25) is 0 Å². The molecule has 6 nitrogen and oxygen atoms in total. The number of hydrogen-bond acceptors (Lipinski definition) is 5. The number of amides is 1. The lowest BCUT2D eigenvalue weighted by Gasteiger charge is -2.31. The Kier molecular flexibility index (Phi) is 4.73. The number of aliphatic hydroxyl groups is 1. The number of alkyl carbamates (subject to hydrolysis) is 1. The first-order valence-corrected chi connectivity index (χ1v) is 7.60. The van der Waals surface area contributed by atoms with Crippen LogP contribution in [0, 0.1) is 5.92 Å². The van der Waals surface area contributed by atoms with Gasteiger partial charge in [-0.2, -0.15) is 0 Å². The smallest absolute Gasteiger partial charge is 0.407 e. The van der Waals surface area contributed by atoms with Crippen LogP contribution < -0.4 is 10.6 Å². The number of nitrogens with zero attached hydrogens (tertiary/aromatic N) is 1. The van der Waals surface area contributed by atoms with Crippen molar-refractivity contribution < 1.29 is 14.6 Å². The summed E-state index contributed by atoms with van der Waals surface area (Å²) in [5.41, 5.74) is 0.472. The van der Waals surface area contributed by atoms with Gasteiger partial charge in [0.05, 0.1) is 0 Å². The molecule has 0 aliphatic carbocycles. The fourth-order valence-electron chi connectivity index (χ4n) is 2.13. The first-order valence-electron chi connectivity index (χ1n) is 6.80. The van der Waals surface area contributed by atoms with Gasteiger partial charge in [0.2, 0.25) is 0 Å². The maximum Gasteiger partial charge on any atom is 0.407 e. The van der Waals surface area contributed by atoms with Crippen molar-refractivity contribution >= 4 is 27.8 Å². The van der Waals surface area contributed by atoms with Gasteiger partial charge in [0.1, 0.15) is 17.6 Å². The highest BCUT2D eigenvalue weighted by Crippen LogP contribution is 2.27. The van der Waals surface area contributed by atoms with Crippen molar-refractivity contribution in [3.05, 3.63) is 22.3 Å². The maximum absolute atomic E-state index is 11.7. The van der Waals surface area contributed by atoms with Gasteiger partial charge >= 0.3 is 6.09 Å². The monoisotopic (exact) mass is 357 g/mol. The van der Waals surface area contributed by atoms with Gasteiger partial charge in [-0.25, -0.2) is 9.78 Å². The molecule has 0 radical (unpaired) electrons. The van der Waals surface area contributed by atoms with Gasteiger partial charge in [0, 0.05) is 23.1 Å². The van der Waals surface area contributed by atoms with Crippen LogP contribution in [0.2, 0.25) is 0 Å². The number of nitrogens with one attached hydrogen (secondary N) is 2. The van der Waals surface area contributed by atoms with E-state index in [1.54, 1.807) is 6.20 Å². The average molecular weight is 358 g/mol. The molecule has 2 unspecified atom stereocenters. The third-order valence-corrected chi connectivity index (χ3v) is 3.49. The van der Waals surface area contributed by atoms with Crippen LogP contribution in [0.15, 0.2) is 16.7 Å². The lowest BCUT2D eigenvalue weighted by Crippen LogP contribution is -2.43. The predicted octanol–water partition coefficient (Wildman–Crippen LogP) is 2.27. The van der Waals surface area contributed by atoms with E-state index in [4.69, 9.17) is 4.74 Å². The topological polar surface area (TPSA) is 83.5 Å². The Hall–Kier alpha value is -1.34. The Bertz CT molecular complexity index is 531. The molecule has 0 saturated heterocycles.